The summed E-state index contributed by atoms with van der Waals surface area (Å²) in [4.78, 5) is 28.5. The van der Waals surface area contributed by atoms with Crippen molar-refractivity contribution >= 4 is 11.8 Å². The highest BCUT2D eigenvalue weighted by Gasteiger charge is 2.40. The lowest BCUT2D eigenvalue weighted by molar-refractivity contribution is -0.179. The number of imide groups is 1. The van der Waals surface area contributed by atoms with Crippen molar-refractivity contribution in [3.8, 4) is 0 Å². The fraction of sp³-hybridized carbons (Fsp3) is 0.467. The minimum atomic E-state index is -0.394. The molecule has 1 saturated heterocycles. The molecule has 1 unspecified atom stereocenters. The summed E-state index contributed by atoms with van der Waals surface area (Å²) in [7, 11) is 1.34. The van der Waals surface area contributed by atoms with Crippen LogP contribution in [-0.4, -0.2) is 24.0 Å². The second kappa shape index (κ2) is 5.97. The largest absolute Gasteiger partial charge is 0.272 e. The maximum atomic E-state index is 12.1. The number of benzene rings is 1. The van der Waals surface area contributed by atoms with Crippen LogP contribution in [0.3, 0.4) is 0 Å². The fourth-order valence-corrected chi connectivity index (χ4v) is 2.41. The molecule has 0 saturated carbocycles. The highest BCUT2D eigenvalue weighted by molar-refractivity contribution is 6.05. The molecule has 19 heavy (non-hydrogen) atoms. The standard InChI is InChI=1S/C15H19NO3/c1-3-4-6-11-7-5-8-12(9-11)13-10-14(17)16(19-2)15(13)18/h5,7-9,13H,3-4,6,10H2,1-2H3. The number of amides is 2. The summed E-state index contributed by atoms with van der Waals surface area (Å²) in [6.45, 7) is 2.15. The lowest BCUT2D eigenvalue weighted by atomic mass is 9.94. The van der Waals surface area contributed by atoms with Gasteiger partial charge in [-0.15, -0.1) is 0 Å². The Hall–Kier alpha value is -1.68. The Balaban J connectivity index is 2.18. The number of nitrogens with zero attached hydrogens (tertiary/aromatic N) is 1. The lowest BCUT2D eigenvalue weighted by Gasteiger charge is -2.12. The minimum absolute atomic E-state index is 0.198. The summed E-state index contributed by atoms with van der Waals surface area (Å²) in [6, 6.07) is 7.96. The predicted octanol–water partition coefficient (Wildman–Crippen LogP) is 2.43. The van der Waals surface area contributed by atoms with Gasteiger partial charge >= 0.3 is 0 Å². The summed E-state index contributed by atoms with van der Waals surface area (Å²) < 4.78 is 0. The van der Waals surface area contributed by atoms with E-state index in [-0.39, 0.29) is 18.2 Å². The number of unbranched alkanes of at least 4 members (excludes halogenated alkanes) is 1. The second-order valence-electron chi connectivity index (χ2n) is 4.81. The van der Waals surface area contributed by atoms with Crippen LogP contribution in [0.15, 0.2) is 24.3 Å². The average molecular weight is 261 g/mol. The van der Waals surface area contributed by atoms with E-state index >= 15 is 0 Å². The maximum absolute atomic E-state index is 12.1. The van der Waals surface area contributed by atoms with Gasteiger partial charge in [0.25, 0.3) is 11.8 Å². The van der Waals surface area contributed by atoms with Gasteiger partial charge in [-0.05, 0) is 24.0 Å². The third-order valence-electron chi connectivity index (χ3n) is 3.46. The molecule has 0 bridgehead atoms. The first-order valence-electron chi connectivity index (χ1n) is 6.67. The van der Waals surface area contributed by atoms with Gasteiger partial charge < -0.3 is 0 Å². The molecule has 1 aliphatic heterocycles. The molecule has 0 radical (unpaired) electrons. The first-order valence-corrected chi connectivity index (χ1v) is 6.67. The Morgan fingerprint density at radius 3 is 2.79 bits per heavy atom. The summed E-state index contributed by atoms with van der Waals surface area (Å²) in [5.74, 6) is -0.925. The first-order chi connectivity index (χ1) is 9.17. The van der Waals surface area contributed by atoms with Crippen LogP contribution in [0.5, 0.6) is 0 Å². The van der Waals surface area contributed by atoms with Gasteiger partial charge in [-0.1, -0.05) is 37.6 Å². The first kappa shape index (κ1) is 13.7. The number of hydrogen-bond donors (Lipinski definition) is 0. The maximum Gasteiger partial charge on any atom is 0.261 e. The van der Waals surface area contributed by atoms with E-state index in [2.05, 4.69) is 13.0 Å². The molecule has 0 N–H and O–H groups in total. The number of rotatable bonds is 5. The normalized spacial score (nSPS) is 19.3. The van der Waals surface area contributed by atoms with Crippen LogP contribution in [0.4, 0.5) is 0 Å². The van der Waals surface area contributed by atoms with E-state index in [1.807, 2.05) is 18.2 Å². The molecule has 1 aliphatic rings. The van der Waals surface area contributed by atoms with E-state index < -0.39 is 5.92 Å². The van der Waals surface area contributed by atoms with Gasteiger partial charge in [0, 0.05) is 6.42 Å². The molecule has 1 fully saturated rings. The van der Waals surface area contributed by atoms with E-state index in [4.69, 9.17) is 4.84 Å². The molecule has 4 nitrogen and oxygen atoms in total. The van der Waals surface area contributed by atoms with Gasteiger partial charge in [0.05, 0.1) is 13.0 Å². The van der Waals surface area contributed by atoms with Crippen molar-refractivity contribution < 1.29 is 14.4 Å². The van der Waals surface area contributed by atoms with Crippen LogP contribution in [0.1, 0.15) is 43.2 Å². The predicted molar refractivity (Wildman–Crippen MR) is 71.3 cm³/mol. The molecular weight excluding hydrogens is 242 g/mol. The van der Waals surface area contributed by atoms with Gasteiger partial charge in [0.2, 0.25) is 0 Å². The molecule has 4 heteroatoms. The van der Waals surface area contributed by atoms with Crippen LogP contribution in [0.25, 0.3) is 0 Å². The minimum Gasteiger partial charge on any atom is -0.272 e. The number of aryl methyl sites for hydroxylation is 1. The third-order valence-corrected chi connectivity index (χ3v) is 3.46. The number of hydrogen-bond acceptors (Lipinski definition) is 3. The Kier molecular flexibility index (Phi) is 4.32. The Morgan fingerprint density at radius 2 is 2.16 bits per heavy atom. The molecule has 2 rings (SSSR count). The zero-order valence-corrected chi connectivity index (χ0v) is 11.4. The van der Waals surface area contributed by atoms with Crippen LogP contribution in [0, 0.1) is 0 Å². The van der Waals surface area contributed by atoms with E-state index in [0.29, 0.717) is 0 Å². The average Bonchev–Trinajstić information content (AvgIpc) is 2.71. The van der Waals surface area contributed by atoms with Gasteiger partial charge in [-0.25, -0.2) is 0 Å². The Morgan fingerprint density at radius 1 is 1.37 bits per heavy atom. The molecular formula is C15H19NO3. The SMILES string of the molecule is CCCCc1cccc(C2CC(=O)N(OC)C2=O)c1. The van der Waals surface area contributed by atoms with Crippen molar-refractivity contribution in [2.45, 2.75) is 38.5 Å². The van der Waals surface area contributed by atoms with Gasteiger partial charge in [-0.3, -0.25) is 14.4 Å². The monoisotopic (exact) mass is 261 g/mol. The van der Waals surface area contributed by atoms with Crippen molar-refractivity contribution in [3.63, 3.8) is 0 Å². The Bertz CT molecular complexity index is 484. The molecule has 1 atom stereocenters. The van der Waals surface area contributed by atoms with Crippen molar-refractivity contribution in [3.05, 3.63) is 35.4 Å². The van der Waals surface area contributed by atoms with Crippen LogP contribution < -0.4 is 0 Å². The van der Waals surface area contributed by atoms with Crippen LogP contribution >= 0.6 is 0 Å². The van der Waals surface area contributed by atoms with Crippen LogP contribution in [0.2, 0.25) is 0 Å². The molecule has 2 amide bonds. The van der Waals surface area contributed by atoms with Gasteiger partial charge in [0.15, 0.2) is 0 Å². The summed E-state index contributed by atoms with van der Waals surface area (Å²) in [5, 5.41) is 0.864. The van der Waals surface area contributed by atoms with Crippen LogP contribution in [-0.2, 0) is 20.8 Å². The molecule has 0 spiro atoms. The van der Waals surface area contributed by atoms with Crippen molar-refractivity contribution in [2.75, 3.05) is 7.11 Å². The summed E-state index contributed by atoms with van der Waals surface area (Å²) >= 11 is 0. The summed E-state index contributed by atoms with van der Waals surface area (Å²) in [5.41, 5.74) is 2.13. The van der Waals surface area contributed by atoms with Crippen molar-refractivity contribution in [1.29, 1.82) is 0 Å². The van der Waals surface area contributed by atoms with Gasteiger partial charge in [-0.2, -0.15) is 5.06 Å². The molecule has 102 valence electrons. The molecule has 0 aromatic heterocycles. The smallest absolute Gasteiger partial charge is 0.261 e. The second-order valence-corrected chi connectivity index (χ2v) is 4.81. The summed E-state index contributed by atoms with van der Waals surface area (Å²) in [6.07, 6.45) is 3.48. The van der Waals surface area contributed by atoms with E-state index in [1.54, 1.807) is 0 Å². The molecule has 1 aromatic carbocycles. The highest BCUT2D eigenvalue weighted by Crippen LogP contribution is 2.30. The quantitative estimate of drug-likeness (QED) is 0.765. The fourth-order valence-electron chi connectivity index (χ4n) is 2.41. The molecule has 1 aromatic rings. The van der Waals surface area contributed by atoms with E-state index in [1.165, 1.54) is 12.7 Å². The number of carbonyl (C=O) groups excluding carboxylic acids is 2. The highest BCUT2D eigenvalue weighted by atomic mass is 16.7. The van der Waals surface area contributed by atoms with E-state index in [9.17, 15) is 9.59 Å². The van der Waals surface area contributed by atoms with Crippen molar-refractivity contribution in [2.24, 2.45) is 0 Å². The number of hydroxylamine groups is 2. The van der Waals surface area contributed by atoms with Gasteiger partial charge in [0.1, 0.15) is 0 Å². The zero-order chi connectivity index (χ0) is 13.8. The lowest BCUT2D eigenvalue weighted by Crippen LogP contribution is -2.28. The third kappa shape index (κ3) is 2.84. The molecule has 0 aliphatic carbocycles. The van der Waals surface area contributed by atoms with E-state index in [0.717, 1.165) is 29.9 Å². The van der Waals surface area contributed by atoms with Crippen molar-refractivity contribution in [1.82, 2.24) is 5.06 Å². The Labute approximate surface area is 113 Å². The topological polar surface area (TPSA) is 46.6 Å². The zero-order valence-electron chi connectivity index (χ0n) is 11.4. The number of carbonyl (C=O) groups is 2. The molecule has 1 heterocycles.